The molecule has 192 valence electrons. The van der Waals surface area contributed by atoms with E-state index in [1.54, 1.807) is 24.3 Å². The van der Waals surface area contributed by atoms with Crippen LogP contribution in [0.4, 0.5) is 10.5 Å². The van der Waals surface area contributed by atoms with Crippen molar-refractivity contribution in [2.24, 2.45) is 0 Å². The lowest BCUT2D eigenvalue weighted by atomic mass is 10.0. The Morgan fingerprint density at radius 2 is 1.69 bits per heavy atom. The van der Waals surface area contributed by atoms with E-state index in [9.17, 15) is 14.4 Å². The van der Waals surface area contributed by atoms with Gasteiger partial charge in [-0.05, 0) is 83.2 Å². The number of nitrogens with one attached hydrogen (secondary N) is 1. The highest BCUT2D eigenvalue weighted by Crippen LogP contribution is 2.37. The number of unbranched alkanes of at least 4 members (excludes halogenated alkanes) is 5. The first kappa shape index (κ1) is 27.5. The number of anilines is 1. The molecule has 0 saturated carbocycles. The molecule has 1 aliphatic heterocycles. The van der Waals surface area contributed by atoms with Crippen molar-refractivity contribution in [3.05, 3.63) is 57.1 Å². The maximum atomic E-state index is 13.2. The monoisotopic (exact) mass is 556 g/mol. The average molecular weight is 557 g/mol. The first-order chi connectivity index (χ1) is 17.3. The number of imide groups is 2. The summed E-state index contributed by atoms with van der Waals surface area (Å²) < 4.78 is 12.1. The summed E-state index contributed by atoms with van der Waals surface area (Å²) in [6, 6.07) is 7.94. The zero-order valence-electron chi connectivity index (χ0n) is 21.3. The minimum absolute atomic E-state index is 0.150. The third-order valence-electron chi connectivity index (χ3n) is 6.16. The first-order valence-corrected chi connectivity index (χ1v) is 13.0. The number of aryl methyl sites for hydroxylation is 2. The van der Waals surface area contributed by atoms with Crippen molar-refractivity contribution in [3.8, 4) is 11.5 Å². The fraction of sp³-hybridized carbons (Fsp3) is 0.393. The lowest BCUT2D eigenvalue weighted by molar-refractivity contribution is -0.122. The number of barbiturate groups is 1. The van der Waals surface area contributed by atoms with Gasteiger partial charge in [-0.1, -0.05) is 45.1 Å². The topological polar surface area (TPSA) is 84.9 Å². The van der Waals surface area contributed by atoms with E-state index in [1.807, 2.05) is 19.9 Å². The highest BCUT2D eigenvalue weighted by atomic mass is 79.9. The Morgan fingerprint density at radius 1 is 0.972 bits per heavy atom. The molecule has 0 atom stereocenters. The number of hydrogen-bond acceptors (Lipinski definition) is 5. The third kappa shape index (κ3) is 6.55. The number of nitrogens with zero attached hydrogens (tertiary/aromatic N) is 1. The molecule has 1 saturated heterocycles. The quantitative estimate of drug-likeness (QED) is 0.194. The third-order valence-corrected chi connectivity index (χ3v) is 6.75. The van der Waals surface area contributed by atoms with Gasteiger partial charge in [-0.15, -0.1) is 0 Å². The molecule has 0 unspecified atom stereocenters. The van der Waals surface area contributed by atoms with Gasteiger partial charge in [0.1, 0.15) is 5.57 Å². The van der Waals surface area contributed by atoms with E-state index in [2.05, 4.69) is 28.2 Å². The number of urea groups is 1. The number of ether oxygens (including phenoxy) is 2. The van der Waals surface area contributed by atoms with Gasteiger partial charge in [0.25, 0.3) is 11.8 Å². The molecule has 0 spiro atoms. The van der Waals surface area contributed by atoms with Gasteiger partial charge in [0.05, 0.1) is 23.9 Å². The maximum absolute atomic E-state index is 13.2. The second-order valence-electron chi connectivity index (χ2n) is 8.88. The molecular formula is C28H33BrN2O5. The Bertz CT molecular complexity index is 1170. The van der Waals surface area contributed by atoms with Crippen LogP contribution >= 0.6 is 15.9 Å². The van der Waals surface area contributed by atoms with Crippen LogP contribution in [0.2, 0.25) is 0 Å². The Labute approximate surface area is 221 Å². The second-order valence-corrected chi connectivity index (χ2v) is 9.73. The summed E-state index contributed by atoms with van der Waals surface area (Å²) in [4.78, 5) is 39.3. The molecule has 1 fully saturated rings. The van der Waals surface area contributed by atoms with Gasteiger partial charge in [0.15, 0.2) is 11.5 Å². The molecule has 3 rings (SSSR count). The Morgan fingerprint density at radius 3 is 2.39 bits per heavy atom. The second kappa shape index (κ2) is 12.7. The van der Waals surface area contributed by atoms with Gasteiger partial charge >= 0.3 is 6.03 Å². The summed E-state index contributed by atoms with van der Waals surface area (Å²) in [6.07, 6.45) is 8.42. The van der Waals surface area contributed by atoms with Crippen molar-refractivity contribution in [3.63, 3.8) is 0 Å². The van der Waals surface area contributed by atoms with Gasteiger partial charge in [0.2, 0.25) is 0 Å². The highest BCUT2D eigenvalue weighted by molar-refractivity contribution is 9.10. The lowest BCUT2D eigenvalue weighted by Crippen LogP contribution is -2.54. The van der Waals surface area contributed by atoms with Crippen LogP contribution in [0.15, 0.2) is 40.4 Å². The number of hydrogen-bond donors (Lipinski definition) is 1. The average Bonchev–Trinajstić information content (AvgIpc) is 2.84. The maximum Gasteiger partial charge on any atom is 0.335 e. The minimum atomic E-state index is -0.775. The van der Waals surface area contributed by atoms with E-state index < -0.39 is 17.8 Å². The van der Waals surface area contributed by atoms with Crippen molar-refractivity contribution in [2.75, 3.05) is 18.6 Å². The fourth-order valence-electron chi connectivity index (χ4n) is 3.94. The Hall–Kier alpha value is -3.13. The summed E-state index contributed by atoms with van der Waals surface area (Å²) in [6.45, 7) is 6.60. The van der Waals surface area contributed by atoms with Crippen molar-refractivity contribution < 1.29 is 23.9 Å². The van der Waals surface area contributed by atoms with Crippen LogP contribution in [0.3, 0.4) is 0 Å². The molecule has 2 aromatic carbocycles. The first-order valence-electron chi connectivity index (χ1n) is 12.3. The number of methoxy groups -OCH3 is 1. The molecule has 2 aromatic rings. The molecule has 8 heteroatoms. The number of carbonyl (C=O) groups is 3. The normalized spacial score (nSPS) is 14.9. The van der Waals surface area contributed by atoms with Gasteiger partial charge in [0, 0.05) is 0 Å². The van der Waals surface area contributed by atoms with E-state index in [0.717, 1.165) is 28.9 Å². The van der Waals surface area contributed by atoms with Crippen LogP contribution in [0, 0.1) is 13.8 Å². The van der Waals surface area contributed by atoms with Crippen LogP contribution in [-0.2, 0) is 9.59 Å². The smallest absolute Gasteiger partial charge is 0.335 e. The molecule has 36 heavy (non-hydrogen) atoms. The van der Waals surface area contributed by atoms with Crippen LogP contribution in [0.25, 0.3) is 6.08 Å². The highest BCUT2D eigenvalue weighted by Gasteiger charge is 2.37. The molecular weight excluding hydrogens is 524 g/mol. The van der Waals surface area contributed by atoms with E-state index in [-0.39, 0.29) is 5.57 Å². The Balaban J connectivity index is 1.81. The molecule has 4 amide bonds. The number of rotatable bonds is 11. The summed E-state index contributed by atoms with van der Waals surface area (Å²) in [7, 11) is 1.54. The molecule has 1 N–H and O–H groups in total. The summed E-state index contributed by atoms with van der Waals surface area (Å²) >= 11 is 3.53. The van der Waals surface area contributed by atoms with Crippen LogP contribution in [0.5, 0.6) is 11.5 Å². The van der Waals surface area contributed by atoms with Gasteiger partial charge < -0.3 is 9.47 Å². The predicted octanol–water partition coefficient (Wildman–Crippen LogP) is 6.48. The zero-order chi connectivity index (χ0) is 26.2. The number of benzene rings is 2. The lowest BCUT2D eigenvalue weighted by Gasteiger charge is -2.27. The SMILES string of the molecule is CCCCCCCCOc1c(Br)cc(/C=C2/C(=O)NC(=O)N(c3ccc(C)c(C)c3)C2=O)cc1OC. The zero-order valence-corrected chi connectivity index (χ0v) is 22.9. The van der Waals surface area contributed by atoms with Gasteiger partial charge in [-0.25, -0.2) is 9.69 Å². The molecule has 0 bridgehead atoms. The summed E-state index contributed by atoms with van der Waals surface area (Å²) in [5.74, 6) is -0.387. The van der Waals surface area contributed by atoms with Crippen molar-refractivity contribution in [1.82, 2.24) is 5.32 Å². The molecule has 1 heterocycles. The van der Waals surface area contributed by atoms with Gasteiger partial charge in [-0.3, -0.25) is 14.9 Å². The Kier molecular flexibility index (Phi) is 9.70. The number of carbonyl (C=O) groups excluding carboxylic acids is 3. The number of halogens is 1. The van der Waals surface area contributed by atoms with E-state index >= 15 is 0 Å². The van der Waals surface area contributed by atoms with E-state index in [0.29, 0.717) is 33.8 Å². The minimum Gasteiger partial charge on any atom is -0.493 e. The van der Waals surface area contributed by atoms with Crippen LogP contribution in [0.1, 0.15) is 62.1 Å². The molecule has 7 nitrogen and oxygen atoms in total. The van der Waals surface area contributed by atoms with Crippen LogP contribution in [-0.4, -0.2) is 31.6 Å². The largest absolute Gasteiger partial charge is 0.493 e. The molecule has 0 aliphatic carbocycles. The summed E-state index contributed by atoms with van der Waals surface area (Å²) in [5.41, 5.74) is 2.77. The van der Waals surface area contributed by atoms with Crippen molar-refractivity contribution >= 4 is 45.5 Å². The number of amides is 4. The van der Waals surface area contributed by atoms with E-state index in [1.165, 1.54) is 38.9 Å². The summed E-state index contributed by atoms with van der Waals surface area (Å²) in [5, 5.41) is 2.26. The fourth-order valence-corrected chi connectivity index (χ4v) is 4.52. The predicted molar refractivity (Wildman–Crippen MR) is 144 cm³/mol. The van der Waals surface area contributed by atoms with Crippen molar-refractivity contribution in [1.29, 1.82) is 0 Å². The van der Waals surface area contributed by atoms with Gasteiger partial charge in [-0.2, -0.15) is 0 Å². The van der Waals surface area contributed by atoms with E-state index in [4.69, 9.17) is 9.47 Å². The molecule has 1 aliphatic rings. The standard InChI is InChI=1S/C28H33BrN2O5/c1-5-6-7-8-9-10-13-36-25-23(29)16-20(17-24(25)35-4)15-22-26(32)30-28(34)31(27(22)33)21-12-11-18(2)19(3)14-21/h11-12,14-17H,5-10,13H2,1-4H3,(H,30,32,34)/b22-15-. The molecule has 0 aromatic heterocycles. The van der Waals surface area contributed by atoms with Crippen molar-refractivity contribution in [2.45, 2.75) is 59.3 Å². The van der Waals surface area contributed by atoms with Crippen LogP contribution < -0.4 is 19.7 Å². The molecule has 0 radical (unpaired) electrons.